The minimum atomic E-state index is -4.52. The number of nitrogens with one attached hydrogen (secondary N) is 1. The van der Waals surface area contributed by atoms with E-state index < -0.39 is 56.7 Å². The number of aliphatic carboxylic acids is 1. The lowest BCUT2D eigenvalue weighted by Gasteiger charge is -2.20. The summed E-state index contributed by atoms with van der Waals surface area (Å²) in [5, 5.41) is 8.72. The van der Waals surface area contributed by atoms with Crippen molar-refractivity contribution in [2.45, 2.75) is 31.2 Å². The van der Waals surface area contributed by atoms with Gasteiger partial charge in [-0.1, -0.05) is 13.8 Å². The summed E-state index contributed by atoms with van der Waals surface area (Å²) in [6.07, 6.45) is -0.526. The van der Waals surface area contributed by atoms with E-state index in [9.17, 15) is 26.4 Å². The molecule has 118 valence electrons. The van der Waals surface area contributed by atoms with E-state index in [-0.39, 0.29) is 0 Å². The molecule has 0 fully saturated rings. The molecule has 0 aromatic heterocycles. The predicted octanol–water partition coefficient (Wildman–Crippen LogP) is 1.88. The number of carboxylic acid groups (broad SMARTS) is 1. The third-order valence-corrected chi connectivity index (χ3v) is 4.30. The Labute approximate surface area is 119 Å². The van der Waals surface area contributed by atoms with Crippen LogP contribution in [0.25, 0.3) is 0 Å². The zero-order valence-electron chi connectivity index (χ0n) is 11.2. The van der Waals surface area contributed by atoms with Gasteiger partial charge in [0.05, 0.1) is 6.42 Å². The van der Waals surface area contributed by atoms with Gasteiger partial charge in [0.25, 0.3) is 0 Å². The summed E-state index contributed by atoms with van der Waals surface area (Å²) < 4.78 is 65.4. The molecule has 1 unspecified atom stereocenters. The van der Waals surface area contributed by atoms with Crippen molar-refractivity contribution in [2.75, 3.05) is 0 Å². The Morgan fingerprint density at radius 3 is 2.29 bits per heavy atom. The molecular formula is C12H14F3NO4S. The standard InChI is InChI=1S/C12H14F3NO4S/c1-6(2)8(5-10(17)18)16-21(19,20)9-4-3-7(13)11(14)12(9)15/h3-4,6,8,16H,5H2,1-2H3,(H,17,18). The fraction of sp³-hybridized carbons (Fsp3) is 0.417. The van der Waals surface area contributed by atoms with Crippen molar-refractivity contribution in [1.82, 2.24) is 4.72 Å². The molecule has 0 heterocycles. The van der Waals surface area contributed by atoms with Crippen molar-refractivity contribution in [3.05, 3.63) is 29.6 Å². The molecule has 0 spiro atoms. The first-order valence-electron chi connectivity index (χ1n) is 5.94. The Morgan fingerprint density at radius 1 is 1.24 bits per heavy atom. The van der Waals surface area contributed by atoms with Gasteiger partial charge < -0.3 is 5.11 Å². The third kappa shape index (κ3) is 4.18. The van der Waals surface area contributed by atoms with E-state index in [1.807, 2.05) is 4.72 Å². The van der Waals surface area contributed by atoms with Gasteiger partial charge in [-0.15, -0.1) is 0 Å². The molecule has 0 aliphatic heterocycles. The van der Waals surface area contributed by atoms with Crippen LogP contribution in [0.4, 0.5) is 13.2 Å². The summed E-state index contributed by atoms with van der Waals surface area (Å²) in [5.74, 6) is -6.92. The molecule has 21 heavy (non-hydrogen) atoms. The lowest BCUT2D eigenvalue weighted by atomic mass is 10.0. The molecule has 0 saturated carbocycles. The van der Waals surface area contributed by atoms with Crippen LogP contribution in [0.15, 0.2) is 17.0 Å². The summed E-state index contributed by atoms with van der Waals surface area (Å²) in [5.41, 5.74) is 0. The molecule has 9 heteroatoms. The summed E-state index contributed by atoms with van der Waals surface area (Å²) in [7, 11) is -4.52. The highest BCUT2D eigenvalue weighted by atomic mass is 32.2. The zero-order valence-corrected chi connectivity index (χ0v) is 12.0. The molecule has 1 aromatic carbocycles. The Balaban J connectivity index is 3.17. The van der Waals surface area contributed by atoms with Crippen LogP contribution < -0.4 is 4.72 Å². The van der Waals surface area contributed by atoms with E-state index in [0.717, 1.165) is 0 Å². The van der Waals surface area contributed by atoms with Crippen LogP contribution in [0.2, 0.25) is 0 Å². The second-order valence-electron chi connectivity index (χ2n) is 4.74. The summed E-state index contributed by atoms with van der Waals surface area (Å²) in [6.45, 7) is 3.13. The number of hydrogen-bond acceptors (Lipinski definition) is 3. The Morgan fingerprint density at radius 2 is 1.81 bits per heavy atom. The van der Waals surface area contributed by atoms with Gasteiger partial charge in [0, 0.05) is 6.04 Å². The fourth-order valence-electron chi connectivity index (χ4n) is 1.58. The van der Waals surface area contributed by atoms with Gasteiger partial charge in [-0.25, -0.2) is 26.3 Å². The first-order valence-corrected chi connectivity index (χ1v) is 7.42. The minimum absolute atomic E-state index is 0.399. The Bertz CT molecular complexity index is 646. The molecule has 1 aromatic rings. The minimum Gasteiger partial charge on any atom is -0.481 e. The van der Waals surface area contributed by atoms with Crippen molar-refractivity contribution in [3.8, 4) is 0 Å². The second kappa shape index (κ2) is 6.44. The van der Waals surface area contributed by atoms with Gasteiger partial charge in [-0.3, -0.25) is 4.79 Å². The van der Waals surface area contributed by atoms with E-state index >= 15 is 0 Å². The topological polar surface area (TPSA) is 83.5 Å². The lowest BCUT2D eigenvalue weighted by Crippen LogP contribution is -2.40. The highest BCUT2D eigenvalue weighted by Gasteiger charge is 2.28. The maximum Gasteiger partial charge on any atom is 0.304 e. The monoisotopic (exact) mass is 325 g/mol. The van der Waals surface area contributed by atoms with Gasteiger partial charge in [0.1, 0.15) is 4.90 Å². The van der Waals surface area contributed by atoms with Gasteiger partial charge in [-0.2, -0.15) is 0 Å². The zero-order chi connectivity index (χ0) is 16.4. The number of sulfonamides is 1. The number of hydrogen-bond donors (Lipinski definition) is 2. The molecule has 0 bridgehead atoms. The SMILES string of the molecule is CC(C)C(CC(=O)O)NS(=O)(=O)c1ccc(F)c(F)c1F. The maximum absolute atomic E-state index is 13.5. The Hall–Kier alpha value is -1.61. The number of carboxylic acids is 1. The van der Waals surface area contributed by atoms with Gasteiger partial charge in [-0.05, 0) is 18.1 Å². The van der Waals surface area contributed by atoms with Crippen LogP contribution in [0.3, 0.4) is 0 Å². The van der Waals surface area contributed by atoms with Crippen molar-refractivity contribution >= 4 is 16.0 Å². The van der Waals surface area contributed by atoms with Gasteiger partial charge >= 0.3 is 5.97 Å². The van der Waals surface area contributed by atoms with Crippen molar-refractivity contribution in [2.24, 2.45) is 5.92 Å². The van der Waals surface area contributed by atoms with Crippen LogP contribution in [0, 0.1) is 23.4 Å². The molecule has 1 rings (SSSR count). The highest BCUT2D eigenvalue weighted by molar-refractivity contribution is 7.89. The molecule has 2 N–H and O–H groups in total. The number of benzene rings is 1. The fourth-order valence-corrected chi connectivity index (χ4v) is 3.03. The summed E-state index contributed by atoms with van der Waals surface area (Å²) >= 11 is 0. The maximum atomic E-state index is 13.5. The van der Waals surface area contributed by atoms with Crippen LogP contribution in [-0.4, -0.2) is 25.5 Å². The predicted molar refractivity (Wildman–Crippen MR) is 67.5 cm³/mol. The van der Waals surface area contributed by atoms with Gasteiger partial charge in [0.2, 0.25) is 10.0 Å². The summed E-state index contributed by atoms with van der Waals surface area (Å²) in [6, 6.07) is 0.0444. The van der Waals surface area contributed by atoms with Crippen molar-refractivity contribution < 1.29 is 31.5 Å². The van der Waals surface area contributed by atoms with Crippen LogP contribution >= 0.6 is 0 Å². The van der Waals surface area contributed by atoms with E-state index in [1.54, 1.807) is 13.8 Å². The Kier molecular flexibility index (Phi) is 5.35. The molecule has 1 atom stereocenters. The second-order valence-corrected chi connectivity index (χ2v) is 6.43. The summed E-state index contributed by atoms with van der Waals surface area (Å²) in [4.78, 5) is 9.61. The molecular weight excluding hydrogens is 311 g/mol. The van der Waals surface area contributed by atoms with Crippen molar-refractivity contribution in [1.29, 1.82) is 0 Å². The first kappa shape index (κ1) is 17.4. The van der Waals surface area contributed by atoms with E-state index in [4.69, 9.17) is 5.11 Å². The van der Waals surface area contributed by atoms with Crippen LogP contribution in [-0.2, 0) is 14.8 Å². The number of rotatable bonds is 6. The van der Waals surface area contributed by atoms with Crippen LogP contribution in [0.5, 0.6) is 0 Å². The van der Waals surface area contributed by atoms with E-state index in [0.29, 0.717) is 12.1 Å². The quantitative estimate of drug-likeness (QED) is 0.782. The smallest absolute Gasteiger partial charge is 0.304 e. The number of halogens is 3. The average Bonchev–Trinajstić information content (AvgIpc) is 2.33. The molecule has 0 aliphatic rings. The molecule has 0 saturated heterocycles. The molecule has 0 amide bonds. The molecule has 5 nitrogen and oxygen atoms in total. The largest absolute Gasteiger partial charge is 0.481 e. The lowest BCUT2D eigenvalue weighted by molar-refractivity contribution is -0.137. The normalized spacial score (nSPS) is 13.4. The van der Waals surface area contributed by atoms with Crippen LogP contribution in [0.1, 0.15) is 20.3 Å². The molecule has 0 radical (unpaired) electrons. The number of carbonyl (C=O) groups is 1. The van der Waals surface area contributed by atoms with E-state index in [1.165, 1.54) is 0 Å². The first-order chi connectivity index (χ1) is 9.56. The molecule has 0 aliphatic carbocycles. The van der Waals surface area contributed by atoms with E-state index in [2.05, 4.69) is 0 Å². The average molecular weight is 325 g/mol. The van der Waals surface area contributed by atoms with Gasteiger partial charge in [0.15, 0.2) is 17.5 Å². The third-order valence-electron chi connectivity index (χ3n) is 2.80. The highest BCUT2D eigenvalue weighted by Crippen LogP contribution is 2.21. The van der Waals surface area contributed by atoms with Crippen molar-refractivity contribution in [3.63, 3.8) is 0 Å².